The lowest BCUT2D eigenvalue weighted by atomic mass is 10.2. The summed E-state index contributed by atoms with van der Waals surface area (Å²) in [7, 11) is 0. The van der Waals surface area contributed by atoms with Crippen LogP contribution in [0.5, 0.6) is 5.75 Å². The first kappa shape index (κ1) is 20.2. The second kappa shape index (κ2) is 10.8. The molecule has 0 heterocycles. The Hall–Kier alpha value is -3.15. The summed E-state index contributed by atoms with van der Waals surface area (Å²) in [4.78, 5) is 22.1. The van der Waals surface area contributed by atoms with Crippen LogP contribution in [0, 0.1) is 10.1 Å². The molecule has 142 valence electrons. The first-order valence-corrected chi connectivity index (χ1v) is 9.05. The molecule has 0 bridgehead atoms. The Morgan fingerprint density at radius 1 is 1.07 bits per heavy atom. The number of nitrogens with zero attached hydrogens (tertiary/aromatic N) is 1. The normalized spacial score (nSPS) is 10.7. The molecule has 0 aliphatic carbocycles. The number of nitro groups is 1. The minimum absolute atomic E-state index is 0.0178. The van der Waals surface area contributed by atoms with E-state index in [1.165, 1.54) is 37.5 Å². The first-order chi connectivity index (χ1) is 13.1. The van der Waals surface area contributed by atoms with Gasteiger partial charge in [-0.25, -0.2) is 0 Å². The summed E-state index contributed by atoms with van der Waals surface area (Å²) in [5, 5.41) is 13.4. The Balaban J connectivity index is 1.80. The van der Waals surface area contributed by atoms with Gasteiger partial charge in [-0.1, -0.05) is 26.2 Å². The zero-order chi connectivity index (χ0) is 19.5. The molecular formula is C21H24N2O4. The number of ether oxygens (including phenoxy) is 1. The molecular weight excluding hydrogens is 344 g/mol. The summed E-state index contributed by atoms with van der Waals surface area (Å²) in [5.41, 5.74) is 1.40. The van der Waals surface area contributed by atoms with Gasteiger partial charge in [0.1, 0.15) is 5.75 Å². The highest BCUT2D eigenvalue weighted by Gasteiger charge is 2.03. The van der Waals surface area contributed by atoms with E-state index >= 15 is 0 Å². The van der Waals surface area contributed by atoms with E-state index in [4.69, 9.17) is 4.74 Å². The SMILES string of the molecule is CCCCCCOc1ccc(NC(=O)/C=C/c2ccc([N+](=O)[O-])cc2)cc1. The summed E-state index contributed by atoms with van der Waals surface area (Å²) in [5.74, 6) is 0.507. The predicted octanol–water partition coefficient (Wildman–Crippen LogP) is 5.21. The van der Waals surface area contributed by atoms with Crippen LogP contribution in [0.25, 0.3) is 6.08 Å². The fraction of sp³-hybridized carbons (Fsp3) is 0.286. The van der Waals surface area contributed by atoms with Gasteiger partial charge in [0, 0.05) is 23.9 Å². The molecule has 0 unspecified atom stereocenters. The average molecular weight is 368 g/mol. The molecule has 2 aromatic rings. The van der Waals surface area contributed by atoms with Crippen molar-refractivity contribution >= 4 is 23.4 Å². The van der Waals surface area contributed by atoms with E-state index < -0.39 is 4.92 Å². The maximum absolute atomic E-state index is 12.0. The summed E-state index contributed by atoms with van der Waals surface area (Å²) in [6, 6.07) is 13.2. The van der Waals surface area contributed by atoms with Gasteiger partial charge >= 0.3 is 0 Å². The van der Waals surface area contributed by atoms with Crippen molar-refractivity contribution in [3.63, 3.8) is 0 Å². The number of carbonyl (C=O) groups is 1. The molecule has 6 nitrogen and oxygen atoms in total. The Labute approximate surface area is 159 Å². The minimum Gasteiger partial charge on any atom is -0.494 e. The van der Waals surface area contributed by atoms with Crippen molar-refractivity contribution in [1.29, 1.82) is 0 Å². The highest BCUT2D eigenvalue weighted by Crippen LogP contribution is 2.17. The van der Waals surface area contributed by atoms with Gasteiger partial charge < -0.3 is 10.1 Å². The minimum atomic E-state index is -0.460. The fourth-order valence-electron chi connectivity index (χ4n) is 2.42. The summed E-state index contributed by atoms with van der Waals surface area (Å²) < 4.78 is 5.67. The third-order valence-electron chi connectivity index (χ3n) is 3.92. The standard InChI is InChI=1S/C21H24N2O4/c1-2-3-4-5-16-27-20-13-9-18(10-14-20)22-21(24)15-8-17-6-11-19(12-7-17)23(25)26/h6-15H,2-5,16H2,1H3,(H,22,24)/b15-8+. The molecule has 0 atom stereocenters. The summed E-state index contributed by atoms with van der Waals surface area (Å²) in [6.45, 7) is 2.87. The van der Waals surface area contributed by atoms with E-state index in [-0.39, 0.29) is 11.6 Å². The van der Waals surface area contributed by atoms with Crippen molar-refractivity contribution in [1.82, 2.24) is 0 Å². The van der Waals surface area contributed by atoms with E-state index in [1.807, 2.05) is 12.1 Å². The molecule has 0 aromatic heterocycles. The van der Waals surface area contributed by atoms with Crippen LogP contribution in [0.4, 0.5) is 11.4 Å². The number of rotatable bonds is 10. The Morgan fingerprint density at radius 3 is 2.41 bits per heavy atom. The second-order valence-corrected chi connectivity index (χ2v) is 6.10. The number of amides is 1. The van der Waals surface area contributed by atoms with Crippen LogP contribution in [0.1, 0.15) is 38.2 Å². The van der Waals surface area contributed by atoms with Gasteiger partial charge in [0.05, 0.1) is 11.5 Å². The second-order valence-electron chi connectivity index (χ2n) is 6.10. The van der Waals surface area contributed by atoms with Crippen molar-refractivity contribution in [3.05, 3.63) is 70.3 Å². The van der Waals surface area contributed by atoms with Crippen molar-refractivity contribution in [2.45, 2.75) is 32.6 Å². The highest BCUT2D eigenvalue weighted by atomic mass is 16.6. The monoisotopic (exact) mass is 368 g/mol. The number of nitrogens with one attached hydrogen (secondary N) is 1. The predicted molar refractivity (Wildman–Crippen MR) is 107 cm³/mol. The van der Waals surface area contributed by atoms with E-state index in [1.54, 1.807) is 30.3 Å². The topological polar surface area (TPSA) is 81.5 Å². The quantitative estimate of drug-likeness (QED) is 0.270. The fourth-order valence-corrected chi connectivity index (χ4v) is 2.42. The molecule has 0 spiro atoms. The van der Waals surface area contributed by atoms with Gasteiger partial charge in [-0.05, 0) is 54.5 Å². The lowest BCUT2D eigenvalue weighted by Crippen LogP contribution is -2.07. The third-order valence-corrected chi connectivity index (χ3v) is 3.92. The first-order valence-electron chi connectivity index (χ1n) is 9.05. The van der Waals surface area contributed by atoms with Gasteiger partial charge in [0.15, 0.2) is 0 Å². The molecule has 0 saturated carbocycles. The molecule has 0 fully saturated rings. The van der Waals surface area contributed by atoms with E-state index in [9.17, 15) is 14.9 Å². The van der Waals surface area contributed by atoms with Crippen LogP contribution in [0.2, 0.25) is 0 Å². The molecule has 0 aliphatic heterocycles. The number of non-ortho nitro benzene ring substituents is 1. The Morgan fingerprint density at radius 2 is 1.78 bits per heavy atom. The number of nitro benzene ring substituents is 1. The van der Waals surface area contributed by atoms with Gasteiger partial charge in [-0.15, -0.1) is 0 Å². The van der Waals surface area contributed by atoms with E-state index in [0.29, 0.717) is 17.9 Å². The van der Waals surface area contributed by atoms with E-state index in [0.717, 1.165) is 12.2 Å². The molecule has 27 heavy (non-hydrogen) atoms. The molecule has 1 amide bonds. The Kier molecular flexibility index (Phi) is 8.03. The third kappa shape index (κ3) is 7.32. The van der Waals surface area contributed by atoms with Gasteiger partial charge in [0.25, 0.3) is 5.69 Å². The van der Waals surface area contributed by atoms with Gasteiger partial charge in [-0.3, -0.25) is 14.9 Å². The van der Waals surface area contributed by atoms with Crippen molar-refractivity contribution in [2.24, 2.45) is 0 Å². The van der Waals surface area contributed by atoms with Crippen molar-refractivity contribution in [2.75, 3.05) is 11.9 Å². The van der Waals surface area contributed by atoms with Crippen LogP contribution in [0.3, 0.4) is 0 Å². The maximum atomic E-state index is 12.0. The molecule has 2 aromatic carbocycles. The molecule has 0 saturated heterocycles. The summed E-state index contributed by atoms with van der Waals surface area (Å²) >= 11 is 0. The van der Waals surface area contributed by atoms with Crippen molar-refractivity contribution < 1.29 is 14.5 Å². The van der Waals surface area contributed by atoms with Crippen molar-refractivity contribution in [3.8, 4) is 5.75 Å². The molecule has 0 aliphatic rings. The summed E-state index contributed by atoms with van der Waals surface area (Å²) in [6.07, 6.45) is 7.63. The highest BCUT2D eigenvalue weighted by molar-refractivity contribution is 6.01. The number of anilines is 1. The number of carbonyl (C=O) groups excluding carboxylic acids is 1. The number of unbranched alkanes of at least 4 members (excludes halogenated alkanes) is 3. The van der Waals surface area contributed by atoms with Gasteiger partial charge in [-0.2, -0.15) is 0 Å². The van der Waals surface area contributed by atoms with Crippen LogP contribution < -0.4 is 10.1 Å². The molecule has 1 N–H and O–H groups in total. The average Bonchev–Trinajstić information content (AvgIpc) is 2.68. The largest absolute Gasteiger partial charge is 0.494 e. The Bertz CT molecular complexity index is 768. The van der Waals surface area contributed by atoms with Crippen LogP contribution >= 0.6 is 0 Å². The van der Waals surface area contributed by atoms with Gasteiger partial charge in [0.2, 0.25) is 5.91 Å². The number of hydrogen-bond donors (Lipinski definition) is 1. The molecule has 2 rings (SSSR count). The van der Waals surface area contributed by atoms with Crippen LogP contribution in [-0.2, 0) is 4.79 Å². The molecule has 6 heteroatoms. The number of benzene rings is 2. The van der Waals surface area contributed by atoms with Crippen LogP contribution in [-0.4, -0.2) is 17.4 Å². The smallest absolute Gasteiger partial charge is 0.269 e. The zero-order valence-corrected chi connectivity index (χ0v) is 15.4. The maximum Gasteiger partial charge on any atom is 0.269 e. The van der Waals surface area contributed by atoms with E-state index in [2.05, 4.69) is 12.2 Å². The zero-order valence-electron chi connectivity index (χ0n) is 15.4. The lowest BCUT2D eigenvalue weighted by molar-refractivity contribution is -0.384. The molecule has 0 radical (unpaired) electrons. The van der Waals surface area contributed by atoms with Crippen LogP contribution in [0.15, 0.2) is 54.6 Å². The lowest BCUT2D eigenvalue weighted by Gasteiger charge is -2.07. The number of hydrogen-bond acceptors (Lipinski definition) is 4.